The maximum absolute atomic E-state index is 11.7. The highest BCUT2D eigenvalue weighted by atomic mass is 32.2. The number of carboxylic acid groups (broad SMARTS) is 1. The van der Waals surface area contributed by atoms with Crippen molar-refractivity contribution in [2.45, 2.75) is 39.2 Å². The van der Waals surface area contributed by atoms with E-state index in [2.05, 4.69) is 10.6 Å². The minimum absolute atomic E-state index is 0.0747. The molecule has 1 saturated heterocycles. The predicted octanol–water partition coefficient (Wildman–Crippen LogP) is 1.93. The Kier molecular flexibility index (Phi) is 7.05. The molecule has 1 unspecified atom stereocenters. The largest absolute Gasteiger partial charge is 0.480 e. The summed E-state index contributed by atoms with van der Waals surface area (Å²) in [5.41, 5.74) is 0. The first-order chi connectivity index (χ1) is 9.04. The Morgan fingerprint density at radius 3 is 2.53 bits per heavy atom. The fourth-order valence-corrected chi connectivity index (χ4v) is 3.27. The number of nitrogens with one attached hydrogen (secondary N) is 2. The number of carbonyl (C=O) groups excluding carboxylic acids is 1. The first-order valence-corrected chi connectivity index (χ1v) is 8.05. The molecule has 0 aromatic carbocycles. The van der Waals surface area contributed by atoms with Crippen molar-refractivity contribution in [1.82, 2.24) is 10.6 Å². The highest BCUT2D eigenvalue weighted by Crippen LogP contribution is 2.21. The van der Waals surface area contributed by atoms with Crippen LogP contribution in [0.2, 0.25) is 0 Å². The van der Waals surface area contributed by atoms with Gasteiger partial charge in [0.2, 0.25) is 0 Å². The van der Waals surface area contributed by atoms with Crippen LogP contribution in [0.4, 0.5) is 4.79 Å². The van der Waals surface area contributed by atoms with E-state index in [0.717, 1.165) is 30.8 Å². The topological polar surface area (TPSA) is 78.4 Å². The zero-order chi connectivity index (χ0) is 14.3. The molecule has 6 heteroatoms. The Bertz CT molecular complexity index is 306. The van der Waals surface area contributed by atoms with E-state index in [1.165, 1.54) is 0 Å². The molecule has 0 aliphatic carbocycles. The molecule has 1 rings (SSSR count). The van der Waals surface area contributed by atoms with Gasteiger partial charge >= 0.3 is 12.0 Å². The normalized spacial score (nSPS) is 19.5. The predicted molar refractivity (Wildman–Crippen MR) is 77.5 cm³/mol. The van der Waals surface area contributed by atoms with E-state index in [1.807, 2.05) is 25.6 Å². The molecule has 5 nitrogen and oxygen atoms in total. The molecule has 1 fully saturated rings. The zero-order valence-electron chi connectivity index (χ0n) is 11.6. The van der Waals surface area contributed by atoms with Crippen LogP contribution < -0.4 is 10.6 Å². The average Bonchev–Trinajstić information content (AvgIpc) is 2.42. The van der Waals surface area contributed by atoms with Crippen LogP contribution in [0, 0.1) is 11.8 Å². The zero-order valence-corrected chi connectivity index (χ0v) is 12.5. The molecule has 2 amide bonds. The lowest BCUT2D eigenvalue weighted by atomic mass is 9.99. The van der Waals surface area contributed by atoms with Crippen LogP contribution in [0.1, 0.15) is 33.1 Å². The van der Waals surface area contributed by atoms with E-state index >= 15 is 0 Å². The molecule has 1 aliphatic rings. The molecule has 0 radical (unpaired) electrons. The molecule has 1 heterocycles. The first-order valence-electron chi connectivity index (χ1n) is 6.89. The maximum atomic E-state index is 11.7. The Morgan fingerprint density at radius 2 is 2.00 bits per heavy atom. The third-order valence-electron chi connectivity index (χ3n) is 3.66. The average molecular weight is 288 g/mol. The second-order valence-electron chi connectivity index (χ2n) is 5.11. The minimum Gasteiger partial charge on any atom is -0.480 e. The minimum atomic E-state index is -0.974. The van der Waals surface area contributed by atoms with Gasteiger partial charge in [-0.2, -0.15) is 11.8 Å². The molecule has 2 atom stereocenters. The third kappa shape index (κ3) is 5.72. The Hall–Kier alpha value is -0.910. The van der Waals surface area contributed by atoms with Gasteiger partial charge in [0, 0.05) is 6.54 Å². The highest BCUT2D eigenvalue weighted by Gasteiger charge is 2.25. The molecule has 0 bridgehead atoms. The van der Waals surface area contributed by atoms with Crippen molar-refractivity contribution in [3.05, 3.63) is 0 Å². The van der Waals surface area contributed by atoms with Gasteiger partial charge in [0.1, 0.15) is 6.04 Å². The van der Waals surface area contributed by atoms with Gasteiger partial charge in [-0.25, -0.2) is 9.59 Å². The number of amides is 2. The van der Waals surface area contributed by atoms with Crippen molar-refractivity contribution < 1.29 is 14.7 Å². The lowest BCUT2D eigenvalue weighted by Crippen LogP contribution is -2.50. The lowest BCUT2D eigenvalue weighted by Gasteiger charge is -2.23. The van der Waals surface area contributed by atoms with Crippen molar-refractivity contribution in [2.75, 3.05) is 18.1 Å². The summed E-state index contributed by atoms with van der Waals surface area (Å²) in [7, 11) is 0. The van der Waals surface area contributed by atoms with E-state index in [0.29, 0.717) is 12.5 Å². The number of hydrogen-bond donors (Lipinski definition) is 3. The quantitative estimate of drug-likeness (QED) is 0.698. The van der Waals surface area contributed by atoms with E-state index in [-0.39, 0.29) is 11.9 Å². The number of thioether (sulfide) groups is 1. The number of hydrogen-bond acceptors (Lipinski definition) is 3. The summed E-state index contributed by atoms with van der Waals surface area (Å²) in [5.74, 6) is 1.78. The van der Waals surface area contributed by atoms with Gasteiger partial charge in [0.15, 0.2) is 0 Å². The Balaban J connectivity index is 2.33. The molecule has 1 aliphatic heterocycles. The molecule has 0 saturated carbocycles. The van der Waals surface area contributed by atoms with Crippen LogP contribution in [0.5, 0.6) is 0 Å². The van der Waals surface area contributed by atoms with Crippen molar-refractivity contribution in [2.24, 2.45) is 11.8 Å². The molecule has 19 heavy (non-hydrogen) atoms. The van der Waals surface area contributed by atoms with Crippen LogP contribution in [0.25, 0.3) is 0 Å². The monoisotopic (exact) mass is 288 g/mol. The lowest BCUT2D eigenvalue weighted by molar-refractivity contribution is -0.140. The maximum Gasteiger partial charge on any atom is 0.326 e. The molecular weight excluding hydrogens is 264 g/mol. The Labute approximate surface area is 118 Å². The van der Waals surface area contributed by atoms with Gasteiger partial charge in [0.25, 0.3) is 0 Å². The molecule has 0 aromatic heterocycles. The van der Waals surface area contributed by atoms with E-state index in [4.69, 9.17) is 5.11 Å². The van der Waals surface area contributed by atoms with Crippen LogP contribution in [0.3, 0.4) is 0 Å². The second kappa shape index (κ2) is 8.30. The Morgan fingerprint density at radius 1 is 1.37 bits per heavy atom. The second-order valence-corrected chi connectivity index (χ2v) is 6.34. The fourth-order valence-electron chi connectivity index (χ4n) is 2.06. The van der Waals surface area contributed by atoms with Crippen molar-refractivity contribution in [1.29, 1.82) is 0 Å². The summed E-state index contributed by atoms with van der Waals surface area (Å²) in [6.45, 7) is 4.39. The summed E-state index contributed by atoms with van der Waals surface area (Å²) >= 11 is 1.95. The van der Waals surface area contributed by atoms with Crippen molar-refractivity contribution in [3.63, 3.8) is 0 Å². The third-order valence-corrected chi connectivity index (χ3v) is 4.71. The molecule has 3 N–H and O–H groups in total. The van der Waals surface area contributed by atoms with E-state index in [9.17, 15) is 9.59 Å². The van der Waals surface area contributed by atoms with Crippen LogP contribution in [0.15, 0.2) is 0 Å². The number of aliphatic carboxylic acids is 1. The molecular formula is C13H24N2O3S. The fraction of sp³-hybridized carbons (Fsp3) is 0.846. The van der Waals surface area contributed by atoms with Crippen LogP contribution in [-0.4, -0.2) is 41.2 Å². The number of urea groups is 1. The van der Waals surface area contributed by atoms with Crippen LogP contribution in [-0.2, 0) is 4.79 Å². The summed E-state index contributed by atoms with van der Waals surface area (Å²) in [5, 5.41) is 14.4. The van der Waals surface area contributed by atoms with Crippen LogP contribution >= 0.6 is 11.8 Å². The van der Waals surface area contributed by atoms with Gasteiger partial charge < -0.3 is 15.7 Å². The van der Waals surface area contributed by atoms with Crippen molar-refractivity contribution >= 4 is 23.8 Å². The molecule has 0 spiro atoms. The standard InChI is InChI=1S/C13H24N2O3S/c1-3-9(2)11(12(16)17)15-13(18)14-8-10-4-6-19-7-5-10/h9-11H,3-8H2,1-2H3,(H,16,17)(H2,14,15,18)/t9?,11-/m0/s1. The molecule has 0 aromatic rings. The number of rotatable bonds is 6. The number of carbonyl (C=O) groups is 2. The number of carboxylic acids is 1. The van der Waals surface area contributed by atoms with Gasteiger partial charge in [-0.05, 0) is 36.2 Å². The smallest absolute Gasteiger partial charge is 0.326 e. The first kappa shape index (κ1) is 16.1. The van der Waals surface area contributed by atoms with Gasteiger partial charge in [-0.3, -0.25) is 0 Å². The van der Waals surface area contributed by atoms with Crippen molar-refractivity contribution in [3.8, 4) is 0 Å². The highest BCUT2D eigenvalue weighted by molar-refractivity contribution is 7.99. The van der Waals surface area contributed by atoms with Gasteiger partial charge in [-0.1, -0.05) is 20.3 Å². The summed E-state index contributed by atoms with van der Waals surface area (Å²) in [4.78, 5) is 22.8. The van der Waals surface area contributed by atoms with E-state index < -0.39 is 12.0 Å². The van der Waals surface area contributed by atoms with E-state index in [1.54, 1.807) is 0 Å². The van der Waals surface area contributed by atoms with Gasteiger partial charge in [-0.15, -0.1) is 0 Å². The summed E-state index contributed by atoms with van der Waals surface area (Å²) in [6.07, 6.45) is 2.97. The molecule has 110 valence electrons. The SMILES string of the molecule is CCC(C)[C@H](NC(=O)NCC1CCSCC1)C(=O)O. The summed E-state index contributed by atoms with van der Waals surface area (Å²) < 4.78 is 0. The summed E-state index contributed by atoms with van der Waals surface area (Å²) in [6, 6.07) is -1.18. The van der Waals surface area contributed by atoms with Gasteiger partial charge in [0.05, 0.1) is 0 Å².